The summed E-state index contributed by atoms with van der Waals surface area (Å²) >= 11 is 0. The molecule has 1 aromatic carbocycles. The van der Waals surface area contributed by atoms with E-state index in [2.05, 4.69) is 23.5 Å². The third kappa shape index (κ3) is 4.22. The van der Waals surface area contributed by atoms with Crippen molar-refractivity contribution in [2.24, 2.45) is 0 Å². The SMILES string of the molecule is COc1ccc(CCO[C@H]2CCCC[C@@H]2N2C[CH]CC2)cc1OC. The summed E-state index contributed by atoms with van der Waals surface area (Å²) in [4.78, 5) is 2.61. The Kier molecular flexibility index (Phi) is 6.38. The number of rotatable bonds is 7. The zero-order valence-electron chi connectivity index (χ0n) is 15.0. The van der Waals surface area contributed by atoms with Crippen LogP contribution in [0.1, 0.15) is 37.7 Å². The fourth-order valence-corrected chi connectivity index (χ4v) is 3.96. The number of hydrogen-bond donors (Lipinski definition) is 0. The fraction of sp³-hybridized carbons (Fsp3) is 0.650. The lowest BCUT2D eigenvalue weighted by atomic mass is 9.91. The van der Waals surface area contributed by atoms with Gasteiger partial charge in [0.05, 0.1) is 26.9 Å². The van der Waals surface area contributed by atoms with Gasteiger partial charge in [-0.2, -0.15) is 0 Å². The average Bonchev–Trinajstić information content (AvgIpc) is 3.16. The Morgan fingerprint density at radius 2 is 1.92 bits per heavy atom. The highest BCUT2D eigenvalue weighted by Gasteiger charge is 2.32. The van der Waals surface area contributed by atoms with Crippen LogP contribution in [0.4, 0.5) is 0 Å². The van der Waals surface area contributed by atoms with Gasteiger partial charge in [0.1, 0.15) is 0 Å². The lowest BCUT2D eigenvalue weighted by Crippen LogP contribution is -2.45. The molecule has 0 N–H and O–H groups in total. The molecule has 4 heteroatoms. The lowest BCUT2D eigenvalue weighted by Gasteiger charge is -2.37. The highest BCUT2D eigenvalue weighted by atomic mass is 16.5. The van der Waals surface area contributed by atoms with Crippen molar-refractivity contribution in [1.82, 2.24) is 4.90 Å². The maximum Gasteiger partial charge on any atom is 0.160 e. The standard InChI is InChI=1S/C20H30NO3/c1-22-19-10-9-16(15-20(19)23-2)11-14-24-18-8-4-3-7-17(18)21-12-5-6-13-21/h5,9-10,15,17-18H,3-4,6-8,11-14H2,1-2H3/t17-,18-/m0/s1. The molecule has 0 bridgehead atoms. The van der Waals surface area contributed by atoms with Crippen LogP contribution >= 0.6 is 0 Å². The molecule has 2 atom stereocenters. The van der Waals surface area contributed by atoms with Crippen LogP contribution in [0, 0.1) is 6.42 Å². The Morgan fingerprint density at radius 1 is 1.08 bits per heavy atom. The first-order chi connectivity index (χ1) is 11.8. The summed E-state index contributed by atoms with van der Waals surface area (Å²) < 4.78 is 17.0. The van der Waals surface area contributed by atoms with E-state index in [-0.39, 0.29) is 0 Å². The smallest absolute Gasteiger partial charge is 0.160 e. The summed E-state index contributed by atoms with van der Waals surface area (Å²) in [7, 11) is 3.34. The maximum atomic E-state index is 6.31. The molecule has 1 saturated carbocycles. The van der Waals surface area contributed by atoms with E-state index in [9.17, 15) is 0 Å². The largest absolute Gasteiger partial charge is 0.493 e. The molecular weight excluding hydrogens is 302 g/mol. The molecule has 1 radical (unpaired) electrons. The zero-order chi connectivity index (χ0) is 16.8. The molecule has 0 unspecified atom stereocenters. The van der Waals surface area contributed by atoms with Crippen molar-refractivity contribution < 1.29 is 14.2 Å². The second-order valence-corrected chi connectivity index (χ2v) is 6.77. The van der Waals surface area contributed by atoms with Gasteiger partial charge < -0.3 is 14.2 Å². The molecule has 4 nitrogen and oxygen atoms in total. The van der Waals surface area contributed by atoms with E-state index in [1.807, 2.05) is 6.07 Å². The van der Waals surface area contributed by atoms with Gasteiger partial charge in [-0.25, -0.2) is 0 Å². The van der Waals surface area contributed by atoms with Gasteiger partial charge in [-0.15, -0.1) is 0 Å². The molecule has 2 aliphatic rings. The summed E-state index contributed by atoms with van der Waals surface area (Å²) in [5.74, 6) is 1.57. The first kappa shape index (κ1) is 17.6. The second kappa shape index (κ2) is 8.72. The molecule has 1 aliphatic heterocycles. The monoisotopic (exact) mass is 332 g/mol. The zero-order valence-corrected chi connectivity index (χ0v) is 15.0. The normalized spacial score (nSPS) is 24.9. The van der Waals surface area contributed by atoms with Gasteiger partial charge in [-0.1, -0.05) is 18.9 Å². The molecule has 1 heterocycles. The van der Waals surface area contributed by atoms with Crippen LogP contribution in [0.3, 0.4) is 0 Å². The summed E-state index contributed by atoms with van der Waals surface area (Å²) in [5.41, 5.74) is 1.23. The summed E-state index contributed by atoms with van der Waals surface area (Å²) in [6.45, 7) is 3.12. The van der Waals surface area contributed by atoms with Gasteiger partial charge in [0.2, 0.25) is 0 Å². The van der Waals surface area contributed by atoms with E-state index in [0.29, 0.717) is 12.1 Å². The molecule has 133 valence electrons. The van der Waals surface area contributed by atoms with Crippen LogP contribution in [-0.4, -0.2) is 51.0 Å². The van der Waals surface area contributed by atoms with Gasteiger partial charge in [0.15, 0.2) is 11.5 Å². The van der Waals surface area contributed by atoms with Crippen LogP contribution in [0.15, 0.2) is 18.2 Å². The highest BCUT2D eigenvalue weighted by Crippen LogP contribution is 2.29. The highest BCUT2D eigenvalue weighted by molar-refractivity contribution is 5.42. The summed E-state index contributed by atoms with van der Waals surface area (Å²) in [6, 6.07) is 6.73. The Morgan fingerprint density at radius 3 is 2.67 bits per heavy atom. The quantitative estimate of drug-likeness (QED) is 0.765. The third-order valence-corrected chi connectivity index (χ3v) is 5.29. The van der Waals surface area contributed by atoms with Crippen molar-refractivity contribution >= 4 is 0 Å². The number of nitrogens with zero attached hydrogens (tertiary/aromatic N) is 1. The topological polar surface area (TPSA) is 30.9 Å². The molecule has 0 spiro atoms. The molecule has 1 saturated heterocycles. The lowest BCUT2D eigenvalue weighted by molar-refractivity contribution is -0.0284. The Hall–Kier alpha value is -1.26. The van der Waals surface area contributed by atoms with Crippen LogP contribution in [0.5, 0.6) is 11.5 Å². The minimum Gasteiger partial charge on any atom is -0.493 e. The Bertz CT molecular complexity index is 514. The molecule has 0 amide bonds. The van der Waals surface area contributed by atoms with Gasteiger partial charge in [-0.3, -0.25) is 4.90 Å². The van der Waals surface area contributed by atoms with E-state index in [1.165, 1.54) is 44.2 Å². The number of benzene rings is 1. The molecule has 1 aromatic rings. The predicted octanol–water partition coefficient (Wildman–Crippen LogP) is 3.48. The third-order valence-electron chi connectivity index (χ3n) is 5.29. The van der Waals surface area contributed by atoms with E-state index in [4.69, 9.17) is 14.2 Å². The van der Waals surface area contributed by atoms with E-state index >= 15 is 0 Å². The average molecular weight is 332 g/mol. The van der Waals surface area contributed by atoms with Crippen molar-refractivity contribution in [3.05, 3.63) is 30.2 Å². The summed E-state index contributed by atoms with van der Waals surface area (Å²) in [6.07, 6.45) is 10.1. The molecular formula is C20H30NO3. The minimum atomic E-state index is 0.394. The van der Waals surface area contributed by atoms with Crippen molar-refractivity contribution in [2.45, 2.75) is 50.7 Å². The number of ether oxygens (including phenoxy) is 3. The van der Waals surface area contributed by atoms with Crippen molar-refractivity contribution in [3.8, 4) is 11.5 Å². The van der Waals surface area contributed by atoms with Crippen LogP contribution in [0.25, 0.3) is 0 Å². The minimum absolute atomic E-state index is 0.394. The molecule has 1 aliphatic carbocycles. The van der Waals surface area contributed by atoms with Crippen LogP contribution < -0.4 is 9.47 Å². The number of methoxy groups -OCH3 is 2. The van der Waals surface area contributed by atoms with Crippen LogP contribution in [0.2, 0.25) is 0 Å². The van der Waals surface area contributed by atoms with Gasteiger partial charge in [-0.05, 0) is 56.3 Å². The molecule has 2 fully saturated rings. The predicted molar refractivity (Wildman–Crippen MR) is 95.7 cm³/mol. The molecule has 24 heavy (non-hydrogen) atoms. The summed E-state index contributed by atoms with van der Waals surface area (Å²) in [5, 5.41) is 0. The number of likely N-dealkylation sites (tertiary alicyclic amines) is 1. The Labute approximate surface area is 146 Å². The van der Waals surface area contributed by atoms with E-state index in [0.717, 1.165) is 31.1 Å². The maximum absolute atomic E-state index is 6.31. The number of hydrogen-bond acceptors (Lipinski definition) is 4. The first-order valence-corrected chi connectivity index (χ1v) is 9.20. The first-order valence-electron chi connectivity index (χ1n) is 9.20. The van der Waals surface area contributed by atoms with Crippen molar-refractivity contribution in [3.63, 3.8) is 0 Å². The Balaban J connectivity index is 1.52. The fourth-order valence-electron chi connectivity index (χ4n) is 3.96. The van der Waals surface area contributed by atoms with Gasteiger partial charge in [0, 0.05) is 12.6 Å². The van der Waals surface area contributed by atoms with E-state index < -0.39 is 0 Å². The van der Waals surface area contributed by atoms with Gasteiger partial charge in [0.25, 0.3) is 0 Å². The van der Waals surface area contributed by atoms with Crippen LogP contribution in [-0.2, 0) is 11.2 Å². The van der Waals surface area contributed by atoms with Crippen molar-refractivity contribution in [1.29, 1.82) is 0 Å². The van der Waals surface area contributed by atoms with Gasteiger partial charge >= 0.3 is 0 Å². The van der Waals surface area contributed by atoms with E-state index in [1.54, 1.807) is 14.2 Å². The van der Waals surface area contributed by atoms with Crippen molar-refractivity contribution in [2.75, 3.05) is 33.9 Å². The molecule has 0 aromatic heterocycles. The molecule has 3 rings (SSSR count). The second-order valence-electron chi connectivity index (χ2n) is 6.77.